The molecule has 0 aromatic rings. The number of Topliss-reactive ketones (excluding diaryl/α,β-unsaturated/α-hetero) is 1. The lowest BCUT2D eigenvalue weighted by molar-refractivity contribution is -0.123. The minimum atomic E-state index is -3.61. The SMILES string of the molecule is COP(=O)(OC)OC(Br)C(=O)CCC1CCCC1. The molecule has 0 N–H and O–H groups in total. The van der Waals surface area contributed by atoms with E-state index in [0.29, 0.717) is 12.3 Å². The van der Waals surface area contributed by atoms with Crippen LogP contribution < -0.4 is 0 Å². The van der Waals surface area contributed by atoms with E-state index in [-0.39, 0.29) is 5.78 Å². The van der Waals surface area contributed by atoms with Gasteiger partial charge in [-0.05, 0) is 28.3 Å². The Morgan fingerprint density at radius 3 is 2.39 bits per heavy atom. The average Bonchev–Trinajstić information content (AvgIpc) is 2.88. The number of carbonyl (C=O) groups excluding carboxylic acids is 1. The number of phosphoric acid groups is 1. The normalized spacial score (nSPS) is 19.1. The molecule has 5 nitrogen and oxygen atoms in total. The van der Waals surface area contributed by atoms with Gasteiger partial charge < -0.3 is 0 Å². The van der Waals surface area contributed by atoms with Gasteiger partial charge in [-0.15, -0.1) is 0 Å². The van der Waals surface area contributed by atoms with Crippen LogP contribution in [0.3, 0.4) is 0 Å². The van der Waals surface area contributed by atoms with E-state index in [1.54, 1.807) is 0 Å². The largest absolute Gasteiger partial charge is 0.475 e. The van der Waals surface area contributed by atoms with E-state index in [9.17, 15) is 9.36 Å². The molecular weight excluding hydrogens is 323 g/mol. The van der Waals surface area contributed by atoms with Crippen molar-refractivity contribution in [2.24, 2.45) is 5.92 Å². The summed E-state index contributed by atoms with van der Waals surface area (Å²) in [5, 5.41) is -0.940. The van der Waals surface area contributed by atoms with E-state index in [1.165, 1.54) is 39.9 Å². The van der Waals surface area contributed by atoms with Gasteiger partial charge in [0.05, 0.1) is 0 Å². The average molecular weight is 343 g/mol. The first kappa shape index (κ1) is 16.3. The van der Waals surface area contributed by atoms with Crippen molar-refractivity contribution in [2.75, 3.05) is 14.2 Å². The summed E-state index contributed by atoms with van der Waals surface area (Å²) >= 11 is 3.07. The molecule has 106 valence electrons. The van der Waals surface area contributed by atoms with Crippen molar-refractivity contribution in [1.82, 2.24) is 0 Å². The summed E-state index contributed by atoms with van der Waals surface area (Å²) in [4.78, 5) is 11.8. The Morgan fingerprint density at radius 1 is 1.33 bits per heavy atom. The molecule has 7 heteroatoms. The number of carbonyl (C=O) groups is 1. The van der Waals surface area contributed by atoms with E-state index < -0.39 is 12.8 Å². The van der Waals surface area contributed by atoms with Crippen molar-refractivity contribution in [3.05, 3.63) is 0 Å². The Labute approximate surface area is 116 Å². The van der Waals surface area contributed by atoms with Gasteiger partial charge in [0.2, 0.25) is 0 Å². The molecule has 1 unspecified atom stereocenters. The number of ketones is 1. The number of alkyl halides is 1. The summed E-state index contributed by atoms with van der Waals surface area (Å²) in [6.07, 6.45) is 6.22. The molecule has 0 amide bonds. The molecule has 1 rings (SSSR count). The zero-order chi connectivity index (χ0) is 13.6. The molecule has 0 bridgehead atoms. The van der Waals surface area contributed by atoms with Gasteiger partial charge in [0.1, 0.15) is 0 Å². The number of halogens is 1. The Hall–Kier alpha value is 0.260. The van der Waals surface area contributed by atoms with Crippen LogP contribution in [0.5, 0.6) is 0 Å². The standard InChI is InChI=1S/C11H20BrO5P/c1-15-18(14,16-2)17-11(12)10(13)8-7-9-5-3-4-6-9/h9,11H,3-8H2,1-2H3. The van der Waals surface area contributed by atoms with Crippen molar-refractivity contribution >= 4 is 29.5 Å². The summed E-state index contributed by atoms with van der Waals surface area (Å²) in [6, 6.07) is 0. The smallest absolute Gasteiger partial charge is 0.296 e. The van der Waals surface area contributed by atoms with Gasteiger partial charge in [-0.3, -0.25) is 18.4 Å². The minimum Gasteiger partial charge on any atom is -0.296 e. The molecule has 0 radical (unpaired) electrons. The van der Waals surface area contributed by atoms with Crippen molar-refractivity contribution < 1.29 is 22.9 Å². The molecule has 0 saturated heterocycles. The Morgan fingerprint density at radius 2 is 1.89 bits per heavy atom. The lowest BCUT2D eigenvalue weighted by Crippen LogP contribution is -2.18. The van der Waals surface area contributed by atoms with Crippen molar-refractivity contribution in [1.29, 1.82) is 0 Å². The number of hydrogen-bond acceptors (Lipinski definition) is 5. The van der Waals surface area contributed by atoms with Crippen LogP contribution in [0.25, 0.3) is 0 Å². The second kappa shape index (κ2) is 7.75. The van der Waals surface area contributed by atoms with Crippen LogP contribution in [0.1, 0.15) is 38.5 Å². The van der Waals surface area contributed by atoms with Crippen molar-refractivity contribution in [3.8, 4) is 0 Å². The third-order valence-electron chi connectivity index (χ3n) is 3.20. The van der Waals surface area contributed by atoms with E-state index in [2.05, 4.69) is 25.0 Å². The molecule has 0 heterocycles. The highest BCUT2D eigenvalue weighted by atomic mass is 79.9. The van der Waals surface area contributed by atoms with Crippen molar-refractivity contribution in [3.63, 3.8) is 0 Å². The van der Waals surface area contributed by atoms with Crippen LogP contribution in [0.4, 0.5) is 0 Å². The minimum absolute atomic E-state index is 0.128. The molecule has 0 aromatic carbocycles. The molecule has 0 aromatic heterocycles. The summed E-state index contributed by atoms with van der Waals surface area (Å²) in [5.74, 6) is 0.515. The second-order valence-electron chi connectivity index (χ2n) is 4.39. The van der Waals surface area contributed by atoms with Crippen LogP contribution in [0, 0.1) is 5.92 Å². The highest BCUT2D eigenvalue weighted by Crippen LogP contribution is 2.49. The molecule has 1 saturated carbocycles. The Balaban J connectivity index is 2.33. The van der Waals surface area contributed by atoms with Crippen LogP contribution in [-0.2, 0) is 22.9 Å². The van der Waals surface area contributed by atoms with Crippen LogP contribution in [-0.4, -0.2) is 25.0 Å². The molecule has 18 heavy (non-hydrogen) atoms. The fourth-order valence-electron chi connectivity index (χ4n) is 2.09. The molecule has 1 aliphatic carbocycles. The fourth-order valence-corrected chi connectivity index (χ4v) is 3.60. The van der Waals surface area contributed by atoms with Gasteiger partial charge in [-0.25, -0.2) is 4.57 Å². The molecule has 0 aliphatic heterocycles. The van der Waals surface area contributed by atoms with Crippen LogP contribution in [0.2, 0.25) is 0 Å². The number of rotatable bonds is 8. The quantitative estimate of drug-likeness (QED) is 0.497. The summed E-state index contributed by atoms with van der Waals surface area (Å²) < 4.78 is 25.9. The molecule has 1 fully saturated rings. The summed E-state index contributed by atoms with van der Waals surface area (Å²) in [6.45, 7) is 0. The molecule has 1 atom stereocenters. The predicted molar refractivity (Wildman–Crippen MR) is 71.6 cm³/mol. The third-order valence-corrected chi connectivity index (χ3v) is 5.55. The van der Waals surface area contributed by atoms with Gasteiger partial charge in [0.15, 0.2) is 10.8 Å². The highest BCUT2D eigenvalue weighted by molar-refractivity contribution is 9.09. The maximum atomic E-state index is 11.8. The third kappa shape index (κ3) is 5.10. The number of phosphoric ester groups is 1. The van der Waals surface area contributed by atoms with Gasteiger partial charge in [-0.2, -0.15) is 0 Å². The van der Waals surface area contributed by atoms with E-state index in [1.807, 2.05) is 0 Å². The zero-order valence-electron chi connectivity index (χ0n) is 10.8. The second-order valence-corrected chi connectivity index (χ2v) is 7.06. The fraction of sp³-hybridized carbons (Fsp3) is 0.909. The highest BCUT2D eigenvalue weighted by Gasteiger charge is 2.30. The molecule has 0 spiro atoms. The van der Waals surface area contributed by atoms with Crippen molar-refractivity contribution in [2.45, 2.75) is 43.5 Å². The van der Waals surface area contributed by atoms with Gasteiger partial charge in [-0.1, -0.05) is 25.7 Å². The summed E-state index contributed by atoms with van der Waals surface area (Å²) in [7, 11) is -1.18. The Kier molecular flexibility index (Phi) is 7.03. The zero-order valence-corrected chi connectivity index (χ0v) is 13.2. The van der Waals surface area contributed by atoms with Crippen LogP contribution in [0.15, 0.2) is 0 Å². The maximum absolute atomic E-state index is 11.8. The van der Waals surface area contributed by atoms with Crippen LogP contribution >= 0.6 is 23.8 Å². The summed E-state index contributed by atoms with van der Waals surface area (Å²) in [5.41, 5.74) is 0. The Bertz CT molecular complexity index is 309. The van der Waals surface area contributed by atoms with E-state index >= 15 is 0 Å². The monoisotopic (exact) mass is 342 g/mol. The molecule has 1 aliphatic rings. The van der Waals surface area contributed by atoms with E-state index in [4.69, 9.17) is 4.52 Å². The van der Waals surface area contributed by atoms with Gasteiger partial charge in [0.25, 0.3) is 0 Å². The van der Waals surface area contributed by atoms with E-state index in [0.717, 1.165) is 6.42 Å². The first-order valence-corrected chi connectivity index (χ1v) is 8.45. The van der Waals surface area contributed by atoms with Gasteiger partial charge >= 0.3 is 7.82 Å². The lowest BCUT2D eigenvalue weighted by atomic mass is 10.0. The predicted octanol–water partition coefficient (Wildman–Crippen LogP) is 3.66. The first-order valence-electron chi connectivity index (χ1n) is 6.07. The topological polar surface area (TPSA) is 61.8 Å². The van der Waals surface area contributed by atoms with Gasteiger partial charge in [0, 0.05) is 20.6 Å². The molecular formula is C11H20BrO5P. The first-order chi connectivity index (χ1) is 8.50. The maximum Gasteiger partial charge on any atom is 0.475 e. The number of hydrogen-bond donors (Lipinski definition) is 0. The lowest BCUT2D eigenvalue weighted by Gasteiger charge is -2.17.